The molecule has 21 heavy (non-hydrogen) atoms. The van der Waals surface area contributed by atoms with Crippen LogP contribution in [0.3, 0.4) is 0 Å². The first-order valence-electron chi connectivity index (χ1n) is 6.05. The molecule has 0 bridgehead atoms. The highest BCUT2D eigenvalue weighted by Crippen LogP contribution is 2.31. The van der Waals surface area contributed by atoms with Crippen LogP contribution >= 0.6 is 11.8 Å². The van der Waals surface area contributed by atoms with Gasteiger partial charge in [-0.15, -0.1) is 11.8 Å². The molecule has 0 amide bonds. The first kappa shape index (κ1) is 14.9. The molecule has 0 unspecified atom stereocenters. The lowest BCUT2D eigenvalue weighted by molar-refractivity contribution is -0.387. The van der Waals surface area contributed by atoms with E-state index in [1.165, 1.54) is 17.8 Å². The number of para-hydroxylation sites is 1. The lowest BCUT2D eigenvalue weighted by Gasteiger charge is -2.08. The van der Waals surface area contributed by atoms with E-state index in [9.17, 15) is 10.1 Å². The van der Waals surface area contributed by atoms with E-state index in [1.54, 1.807) is 30.3 Å². The number of nitro benzene ring substituents is 1. The minimum atomic E-state index is -0.405. The van der Waals surface area contributed by atoms with Gasteiger partial charge in [0, 0.05) is 17.4 Å². The predicted octanol–water partition coefficient (Wildman–Crippen LogP) is 2.98. The Morgan fingerprint density at radius 3 is 2.62 bits per heavy atom. The van der Waals surface area contributed by atoms with Gasteiger partial charge in [-0.25, -0.2) is 0 Å². The predicted molar refractivity (Wildman–Crippen MR) is 81.6 cm³/mol. The lowest BCUT2D eigenvalue weighted by Crippen LogP contribution is -2.15. The average molecular weight is 303 g/mol. The zero-order valence-corrected chi connectivity index (χ0v) is 11.8. The molecule has 108 valence electrons. The maximum absolute atomic E-state index is 11.0. The van der Waals surface area contributed by atoms with Gasteiger partial charge in [0.2, 0.25) is 0 Å². The van der Waals surface area contributed by atoms with E-state index in [2.05, 4.69) is 5.16 Å². The molecule has 6 nitrogen and oxygen atoms in total. The van der Waals surface area contributed by atoms with Crippen LogP contribution in [0.25, 0.3) is 0 Å². The van der Waals surface area contributed by atoms with Crippen molar-refractivity contribution in [1.29, 1.82) is 0 Å². The van der Waals surface area contributed by atoms with Crippen molar-refractivity contribution in [3.05, 3.63) is 69.8 Å². The number of thioether (sulfide) groups is 1. The minimum absolute atomic E-state index is 0.0220. The van der Waals surface area contributed by atoms with E-state index in [-0.39, 0.29) is 11.5 Å². The zero-order chi connectivity index (χ0) is 15.2. The summed E-state index contributed by atoms with van der Waals surface area (Å²) in [6.07, 6.45) is 0. The van der Waals surface area contributed by atoms with Gasteiger partial charge in [0.05, 0.1) is 9.82 Å². The van der Waals surface area contributed by atoms with Crippen molar-refractivity contribution in [3.63, 3.8) is 0 Å². The summed E-state index contributed by atoms with van der Waals surface area (Å²) < 4.78 is 0. The molecule has 2 rings (SSSR count). The third-order valence-corrected chi connectivity index (χ3v) is 3.96. The molecular weight excluding hydrogens is 290 g/mol. The number of hydrogen-bond donors (Lipinski definition) is 2. The Hall–Kier alpha value is -2.54. The van der Waals surface area contributed by atoms with Crippen molar-refractivity contribution >= 4 is 23.3 Å². The number of hydrogen-bond acceptors (Lipinski definition) is 5. The number of oxime groups is 1. The quantitative estimate of drug-likeness (QED) is 0.221. The molecule has 0 radical (unpaired) electrons. The monoisotopic (exact) mass is 303 g/mol. The van der Waals surface area contributed by atoms with E-state index < -0.39 is 4.92 Å². The molecule has 3 N–H and O–H groups in total. The first-order valence-corrected chi connectivity index (χ1v) is 7.04. The van der Waals surface area contributed by atoms with Crippen LogP contribution in [-0.2, 0) is 5.75 Å². The highest BCUT2D eigenvalue weighted by atomic mass is 32.2. The van der Waals surface area contributed by atoms with Gasteiger partial charge in [-0.2, -0.15) is 0 Å². The Kier molecular flexibility index (Phi) is 4.78. The summed E-state index contributed by atoms with van der Waals surface area (Å²) in [6, 6.07) is 13.8. The molecule has 0 saturated carbocycles. The Balaban J connectivity index is 2.24. The van der Waals surface area contributed by atoms with Gasteiger partial charge in [-0.3, -0.25) is 10.1 Å². The topological polar surface area (TPSA) is 102 Å². The maximum atomic E-state index is 11.0. The average Bonchev–Trinajstić information content (AvgIpc) is 2.52. The van der Waals surface area contributed by atoms with Crippen LogP contribution in [0, 0.1) is 10.1 Å². The molecule has 2 aromatic carbocycles. The Morgan fingerprint density at radius 2 is 1.90 bits per heavy atom. The molecule has 0 atom stereocenters. The van der Waals surface area contributed by atoms with Gasteiger partial charge in [0.15, 0.2) is 5.84 Å². The van der Waals surface area contributed by atoms with Crippen molar-refractivity contribution in [1.82, 2.24) is 0 Å². The van der Waals surface area contributed by atoms with E-state index in [0.29, 0.717) is 16.2 Å². The van der Waals surface area contributed by atoms with Gasteiger partial charge >= 0.3 is 0 Å². The summed E-state index contributed by atoms with van der Waals surface area (Å²) in [6.45, 7) is 0. The Labute approximate surface area is 125 Å². The fourth-order valence-electron chi connectivity index (χ4n) is 1.84. The molecule has 0 fully saturated rings. The van der Waals surface area contributed by atoms with Crippen LogP contribution in [0.2, 0.25) is 0 Å². The Bertz CT molecular complexity index is 689. The zero-order valence-electron chi connectivity index (χ0n) is 11.0. The highest BCUT2D eigenvalue weighted by molar-refractivity contribution is 7.98. The van der Waals surface area contributed by atoms with Crippen LogP contribution < -0.4 is 5.73 Å². The van der Waals surface area contributed by atoms with Crippen molar-refractivity contribution in [2.75, 3.05) is 0 Å². The van der Waals surface area contributed by atoms with Crippen LogP contribution in [0.4, 0.5) is 5.69 Å². The van der Waals surface area contributed by atoms with E-state index in [1.807, 2.05) is 12.1 Å². The second-order valence-electron chi connectivity index (χ2n) is 4.16. The summed E-state index contributed by atoms with van der Waals surface area (Å²) in [5.41, 5.74) is 7.16. The molecule has 0 heterocycles. The number of amidine groups is 1. The second-order valence-corrected chi connectivity index (χ2v) is 5.17. The van der Waals surface area contributed by atoms with Gasteiger partial charge in [0.1, 0.15) is 0 Å². The van der Waals surface area contributed by atoms with Crippen LogP contribution in [0.15, 0.2) is 58.6 Å². The van der Waals surface area contributed by atoms with Crippen molar-refractivity contribution in [3.8, 4) is 0 Å². The molecule has 7 heteroatoms. The molecule has 2 aromatic rings. The summed E-state index contributed by atoms with van der Waals surface area (Å²) in [4.78, 5) is 11.2. The summed E-state index contributed by atoms with van der Waals surface area (Å²) in [5, 5.41) is 22.8. The maximum Gasteiger partial charge on any atom is 0.282 e. The normalized spacial score (nSPS) is 11.3. The van der Waals surface area contributed by atoms with Gasteiger partial charge in [-0.1, -0.05) is 41.6 Å². The fourth-order valence-corrected chi connectivity index (χ4v) is 2.86. The fraction of sp³-hybridized carbons (Fsp3) is 0.0714. The number of nitrogens with two attached hydrogens (primary N) is 1. The third kappa shape index (κ3) is 3.51. The van der Waals surface area contributed by atoms with Crippen LogP contribution in [-0.4, -0.2) is 16.0 Å². The van der Waals surface area contributed by atoms with Gasteiger partial charge in [0.25, 0.3) is 5.69 Å². The third-order valence-electron chi connectivity index (χ3n) is 2.85. The van der Waals surface area contributed by atoms with Crippen molar-refractivity contribution in [2.45, 2.75) is 10.6 Å². The lowest BCUT2D eigenvalue weighted by atomic mass is 10.1. The number of nitrogens with zero attached hydrogens (tertiary/aromatic N) is 2. The number of benzene rings is 2. The summed E-state index contributed by atoms with van der Waals surface area (Å²) >= 11 is 1.34. The highest BCUT2D eigenvalue weighted by Gasteiger charge is 2.14. The van der Waals surface area contributed by atoms with E-state index >= 15 is 0 Å². The SMILES string of the molecule is N/C(=N\O)c1ccccc1CSc1ccccc1[N+](=O)[O-]. The molecule has 0 aliphatic heterocycles. The minimum Gasteiger partial charge on any atom is -0.409 e. The van der Waals surface area contributed by atoms with Gasteiger partial charge < -0.3 is 10.9 Å². The molecule has 0 aliphatic carbocycles. The standard InChI is InChI=1S/C14H13N3O3S/c15-14(16-18)11-6-2-1-5-10(11)9-21-13-8-4-3-7-12(13)17(19)20/h1-8,18H,9H2,(H2,15,16). The molecule has 0 saturated heterocycles. The van der Waals surface area contributed by atoms with Crippen molar-refractivity contribution < 1.29 is 10.1 Å². The number of rotatable bonds is 5. The second kappa shape index (κ2) is 6.76. The smallest absolute Gasteiger partial charge is 0.282 e. The molecule has 0 aliphatic rings. The molecule has 0 aromatic heterocycles. The molecule has 0 spiro atoms. The Morgan fingerprint density at radius 1 is 1.24 bits per heavy atom. The number of nitro groups is 1. The van der Waals surface area contributed by atoms with Gasteiger partial charge in [-0.05, 0) is 11.6 Å². The van der Waals surface area contributed by atoms with E-state index in [0.717, 1.165) is 5.56 Å². The summed E-state index contributed by atoms with van der Waals surface area (Å²) in [5.74, 6) is 0.505. The van der Waals surface area contributed by atoms with Crippen LogP contribution in [0.5, 0.6) is 0 Å². The van der Waals surface area contributed by atoms with Crippen molar-refractivity contribution in [2.24, 2.45) is 10.9 Å². The molecular formula is C14H13N3O3S. The largest absolute Gasteiger partial charge is 0.409 e. The first-order chi connectivity index (χ1) is 10.1. The van der Waals surface area contributed by atoms with E-state index in [4.69, 9.17) is 10.9 Å². The summed E-state index contributed by atoms with van der Waals surface area (Å²) in [7, 11) is 0. The van der Waals surface area contributed by atoms with Crippen LogP contribution in [0.1, 0.15) is 11.1 Å².